The number of rotatable bonds is 2. The smallest absolute Gasteiger partial charge is 0.242 e. The summed E-state index contributed by atoms with van der Waals surface area (Å²) in [6, 6.07) is -0.578. The van der Waals surface area contributed by atoms with E-state index in [0.29, 0.717) is 30.1 Å². The molecular formula is C10H11ClN6O2. The first-order chi connectivity index (χ1) is 9.16. The highest BCUT2D eigenvalue weighted by molar-refractivity contribution is 6.28. The second kappa shape index (κ2) is 4.63. The maximum absolute atomic E-state index is 11.5. The molecule has 1 saturated heterocycles. The Hall–Kier alpha value is -1.93. The molecule has 0 aliphatic carbocycles. The Balaban J connectivity index is 2.11. The Kier molecular flexibility index (Phi) is 2.96. The summed E-state index contributed by atoms with van der Waals surface area (Å²) in [6.07, 6.45) is 1.50. The van der Waals surface area contributed by atoms with Gasteiger partial charge in [0.15, 0.2) is 11.5 Å². The largest absolute Gasteiger partial charge is 0.377 e. The lowest BCUT2D eigenvalue weighted by molar-refractivity contribution is -0.121. The van der Waals surface area contributed by atoms with E-state index < -0.39 is 11.9 Å². The molecule has 1 unspecified atom stereocenters. The van der Waals surface area contributed by atoms with Crippen LogP contribution in [0.5, 0.6) is 0 Å². The summed E-state index contributed by atoms with van der Waals surface area (Å²) in [7, 11) is 0. The van der Waals surface area contributed by atoms with Gasteiger partial charge in [-0.15, -0.1) is 0 Å². The molecule has 1 aliphatic rings. The number of morpholine rings is 1. The van der Waals surface area contributed by atoms with Crippen molar-refractivity contribution in [3.05, 3.63) is 11.6 Å². The lowest BCUT2D eigenvalue weighted by atomic mass is 10.2. The van der Waals surface area contributed by atoms with Crippen molar-refractivity contribution in [2.45, 2.75) is 6.04 Å². The molecule has 19 heavy (non-hydrogen) atoms. The number of aromatic amines is 1. The van der Waals surface area contributed by atoms with Crippen molar-refractivity contribution >= 4 is 34.5 Å². The Morgan fingerprint density at radius 3 is 3.21 bits per heavy atom. The number of nitrogens with two attached hydrogens (primary N) is 1. The number of fused-ring (bicyclic) bond motifs is 1. The van der Waals surface area contributed by atoms with Gasteiger partial charge in [0.25, 0.3) is 0 Å². The second-order valence-corrected chi connectivity index (χ2v) is 4.44. The van der Waals surface area contributed by atoms with Crippen molar-refractivity contribution in [1.29, 1.82) is 0 Å². The third-order valence-electron chi connectivity index (χ3n) is 2.97. The average Bonchev–Trinajstić information content (AvgIpc) is 2.85. The normalized spacial score (nSPS) is 19.8. The summed E-state index contributed by atoms with van der Waals surface area (Å²) in [6.45, 7) is 1.21. The fraction of sp³-hybridized carbons (Fsp3) is 0.400. The van der Waals surface area contributed by atoms with Crippen molar-refractivity contribution in [3.8, 4) is 0 Å². The molecule has 3 heterocycles. The van der Waals surface area contributed by atoms with Gasteiger partial charge in [-0.2, -0.15) is 9.97 Å². The number of H-pyrrole nitrogens is 1. The molecule has 2 aromatic rings. The molecule has 0 bridgehead atoms. The van der Waals surface area contributed by atoms with Gasteiger partial charge in [-0.05, 0) is 11.6 Å². The second-order valence-electron chi connectivity index (χ2n) is 4.10. The molecule has 0 spiro atoms. The molecule has 1 amide bonds. The van der Waals surface area contributed by atoms with Crippen LogP contribution >= 0.6 is 11.6 Å². The number of imidazole rings is 1. The first-order valence-corrected chi connectivity index (χ1v) is 6.05. The zero-order chi connectivity index (χ0) is 13.4. The molecule has 1 fully saturated rings. The minimum Gasteiger partial charge on any atom is -0.377 e. The van der Waals surface area contributed by atoms with Crippen molar-refractivity contribution in [3.63, 3.8) is 0 Å². The SMILES string of the molecule is NC(=O)C1COCCN1c1nc(Cl)nc2nc[nH]c12. The number of primary amides is 1. The number of ether oxygens (including phenoxy) is 1. The number of carbonyl (C=O) groups excluding carboxylic acids is 1. The van der Waals surface area contributed by atoms with Crippen LogP contribution in [0.3, 0.4) is 0 Å². The van der Waals surface area contributed by atoms with Crippen molar-refractivity contribution in [1.82, 2.24) is 19.9 Å². The summed E-state index contributed by atoms with van der Waals surface area (Å²) in [5.74, 6) is 0.0432. The van der Waals surface area contributed by atoms with E-state index in [4.69, 9.17) is 22.1 Å². The van der Waals surface area contributed by atoms with Crippen molar-refractivity contribution in [2.24, 2.45) is 5.73 Å². The zero-order valence-electron chi connectivity index (χ0n) is 9.84. The topological polar surface area (TPSA) is 110 Å². The predicted octanol–water partition coefficient (Wildman–Crippen LogP) is -0.303. The fourth-order valence-corrected chi connectivity index (χ4v) is 2.25. The highest BCUT2D eigenvalue weighted by Gasteiger charge is 2.30. The minimum atomic E-state index is -0.578. The molecule has 2 aromatic heterocycles. The van der Waals surface area contributed by atoms with Crippen LogP contribution in [-0.4, -0.2) is 51.6 Å². The minimum absolute atomic E-state index is 0.0734. The Morgan fingerprint density at radius 1 is 1.58 bits per heavy atom. The summed E-state index contributed by atoms with van der Waals surface area (Å²) in [5.41, 5.74) is 6.46. The highest BCUT2D eigenvalue weighted by atomic mass is 35.5. The van der Waals surface area contributed by atoms with Crippen LogP contribution in [0.1, 0.15) is 0 Å². The number of aromatic nitrogens is 4. The standard InChI is InChI=1S/C10H11ClN6O2/c11-10-15-8-6(13-4-14-8)9(16-10)17-1-2-19-3-5(17)7(12)18/h4-5H,1-3H2,(H2,12,18)(H,13,14,15,16). The van der Waals surface area contributed by atoms with E-state index in [1.165, 1.54) is 6.33 Å². The first-order valence-electron chi connectivity index (χ1n) is 5.67. The van der Waals surface area contributed by atoms with E-state index in [2.05, 4.69) is 19.9 Å². The monoisotopic (exact) mass is 282 g/mol. The first kappa shape index (κ1) is 12.1. The lowest BCUT2D eigenvalue weighted by Gasteiger charge is -2.34. The third kappa shape index (κ3) is 2.08. The Bertz CT molecular complexity index is 630. The quantitative estimate of drug-likeness (QED) is 0.732. The van der Waals surface area contributed by atoms with Gasteiger partial charge in [-0.3, -0.25) is 4.79 Å². The molecule has 0 radical (unpaired) electrons. The molecular weight excluding hydrogens is 272 g/mol. The van der Waals surface area contributed by atoms with Crippen LogP contribution < -0.4 is 10.6 Å². The number of halogens is 1. The third-order valence-corrected chi connectivity index (χ3v) is 3.14. The lowest BCUT2D eigenvalue weighted by Crippen LogP contribution is -2.53. The van der Waals surface area contributed by atoms with E-state index in [0.717, 1.165) is 0 Å². The van der Waals surface area contributed by atoms with Gasteiger partial charge in [0.05, 0.1) is 19.5 Å². The van der Waals surface area contributed by atoms with Crippen molar-refractivity contribution < 1.29 is 9.53 Å². The van der Waals surface area contributed by atoms with E-state index >= 15 is 0 Å². The summed E-state index contributed by atoms with van der Waals surface area (Å²) in [5, 5.41) is 0.0734. The molecule has 1 atom stereocenters. The van der Waals surface area contributed by atoms with E-state index in [1.807, 2.05) is 0 Å². The summed E-state index contributed by atoms with van der Waals surface area (Å²) < 4.78 is 5.27. The number of amides is 1. The molecule has 9 heteroatoms. The van der Waals surface area contributed by atoms with Crippen LogP contribution in [0.2, 0.25) is 5.28 Å². The Morgan fingerprint density at radius 2 is 2.42 bits per heavy atom. The van der Waals surface area contributed by atoms with Gasteiger partial charge >= 0.3 is 0 Å². The molecule has 8 nitrogen and oxygen atoms in total. The van der Waals surface area contributed by atoms with Crippen LogP contribution in [0, 0.1) is 0 Å². The number of nitrogens with one attached hydrogen (secondary N) is 1. The van der Waals surface area contributed by atoms with Crippen LogP contribution in [0.15, 0.2) is 6.33 Å². The predicted molar refractivity (Wildman–Crippen MR) is 67.8 cm³/mol. The van der Waals surface area contributed by atoms with E-state index in [1.54, 1.807) is 4.90 Å². The zero-order valence-corrected chi connectivity index (χ0v) is 10.6. The molecule has 100 valence electrons. The van der Waals surface area contributed by atoms with Crippen LogP contribution in [-0.2, 0) is 9.53 Å². The summed E-state index contributed by atoms with van der Waals surface area (Å²) >= 11 is 5.88. The van der Waals surface area contributed by atoms with Crippen molar-refractivity contribution in [2.75, 3.05) is 24.7 Å². The number of anilines is 1. The Labute approximate surface area is 112 Å². The average molecular weight is 283 g/mol. The van der Waals surface area contributed by atoms with Gasteiger partial charge in [0, 0.05) is 6.54 Å². The maximum Gasteiger partial charge on any atom is 0.242 e. The number of hydrogen-bond donors (Lipinski definition) is 2. The number of hydrogen-bond acceptors (Lipinski definition) is 6. The van der Waals surface area contributed by atoms with Gasteiger partial charge < -0.3 is 20.4 Å². The van der Waals surface area contributed by atoms with Crippen LogP contribution in [0.25, 0.3) is 11.2 Å². The van der Waals surface area contributed by atoms with Gasteiger partial charge in [0.1, 0.15) is 11.6 Å². The molecule has 3 rings (SSSR count). The molecule has 1 aliphatic heterocycles. The highest BCUT2D eigenvalue weighted by Crippen LogP contribution is 2.25. The van der Waals surface area contributed by atoms with Crippen LogP contribution in [0.4, 0.5) is 5.82 Å². The fourth-order valence-electron chi connectivity index (χ4n) is 2.09. The molecule has 3 N–H and O–H groups in total. The summed E-state index contributed by atoms with van der Waals surface area (Å²) in [4.78, 5) is 28.4. The van der Waals surface area contributed by atoms with Gasteiger partial charge in [-0.1, -0.05) is 0 Å². The molecule has 0 aromatic carbocycles. The number of nitrogens with zero attached hydrogens (tertiary/aromatic N) is 4. The maximum atomic E-state index is 11.5. The molecule has 0 saturated carbocycles. The van der Waals surface area contributed by atoms with E-state index in [-0.39, 0.29) is 11.9 Å². The van der Waals surface area contributed by atoms with E-state index in [9.17, 15) is 4.79 Å². The number of carbonyl (C=O) groups is 1. The van der Waals surface area contributed by atoms with Gasteiger partial charge in [-0.25, -0.2) is 4.98 Å². The van der Waals surface area contributed by atoms with Gasteiger partial charge in [0.2, 0.25) is 11.2 Å².